The Kier molecular flexibility index (Phi) is 20.1. The number of hydrogen-bond acceptors (Lipinski definition) is 13. The summed E-state index contributed by atoms with van der Waals surface area (Å²) < 4.78 is 66.2. The molecule has 1 aliphatic rings. The van der Waals surface area contributed by atoms with E-state index >= 15 is 0 Å². The molecule has 7 N–H and O–H groups in total. The van der Waals surface area contributed by atoms with E-state index in [1.54, 1.807) is 26.1 Å². The summed E-state index contributed by atoms with van der Waals surface area (Å²) in [4.78, 5) is 116. The minimum absolute atomic E-state index is 0.0595. The Balaban J connectivity index is 1.98. The van der Waals surface area contributed by atoms with Crippen molar-refractivity contribution < 1.29 is 59.9 Å². The second kappa shape index (κ2) is 24.4. The molecule has 19 nitrogen and oxygen atoms in total. The Morgan fingerprint density at radius 3 is 2.14 bits per heavy atom. The molecule has 0 radical (unpaired) electrons. The van der Waals surface area contributed by atoms with Crippen molar-refractivity contribution in [3.05, 3.63) is 54.1 Å². The highest BCUT2D eigenvalue weighted by Gasteiger charge is 2.42. The van der Waals surface area contributed by atoms with Crippen molar-refractivity contribution >= 4 is 57.3 Å². The zero-order valence-electron chi connectivity index (χ0n) is 36.9. The fourth-order valence-electron chi connectivity index (χ4n) is 6.91. The third kappa shape index (κ3) is 16.6. The highest BCUT2D eigenvalue weighted by molar-refractivity contribution is 7.90. The molecule has 2 aromatic rings. The fraction of sp³-hybridized carbons (Fsp3) is 0.571. The van der Waals surface area contributed by atoms with Crippen molar-refractivity contribution in [2.45, 2.75) is 134 Å². The van der Waals surface area contributed by atoms with E-state index in [9.17, 15) is 59.9 Å². The average Bonchev–Trinajstić information content (AvgIpc) is 3.26. The van der Waals surface area contributed by atoms with E-state index in [0.29, 0.717) is 25.3 Å². The topological polar surface area (TPSA) is 286 Å². The molecule has 0 spiro atoms. The van der Waals surface area contributed by atoms with Gasteiger partial charge >= 0.3 is 18.0 Å². The van der Waals surface area contributed by atoms with Gasteiger partial charge in [-0.2, -0.15) is 13.2 Å². The molecule has 0 aliphatic heterocycles. The normalized spacial score (nSPS) is 15.6. The smallest absolute Gasteiger partial charge is 0.343 e. The molecule has 1 fully saturated rings. The number of nitrogens with zero attached hydrogens (tertiary/aromatic N) is 3. The summed E-state index contributed by atoms with van der Waals surface area (Å²) in [6.45, 7) is 6.90. The van der Waals surface area contributed by atoms with Crippen molar-refractivity contribution in [2.75, 3.05) is 6.54 Å². The predicted molar refractivity (Wildman–Crippen MR) is 227 cm³/mol. The Bertz CT molecular complexity index is 2140. The van der Waals surface area contributed by atoms with E-state index in [0.717, 1.165) is 37.5 Å². The van der Waals surface area contributed by atoms with Gasteiger partial charge in [-0.25, -0.2) is 23.0 Å². The van der Waals surface area contributed by atoms with Gasteiger partial charge in [-0.15, -0.1) is 0 Å². The molecule has 3 rings (SSSR count). The first kappa shape index (κ1) is 53.5. The number of halogens is 3. The maximum Gasteiger partial charge on any atom is 0.405 e. The van der Waals surface area contributed by atoms with Crippen LogP contribution in [-0.2, 0) is 38.8 Å². The third-order valence-electron chi connectivity index (χ3n) is 10.7. The van der Waals surface area contributed by atoms with Gasteiger partial charge in [0.15, 0.2) is 0 Å². The van der Waals surface area contributed by atoms with Crippen LogP contribution in [0.25, 0.3) is 0 Å². The second-order valence-electron chi connectivity index (χ2n) is 16.4. The van der Waals surface area contributed by atoms with Crippen LogP contribution in [0.15, 0.2) is 47.8 Å². The van der Waals surface area contributed by atoms with Gasteiger partial charge in [0.2, 0.25) is 17.7 Å². The SMILES string of the molecule is CC[C@H](N)CC(=O)N(C(=O)C(=O)NS(=O)(=O)c1cccc(C(=O)NCC(F)(F)F)c1)C(=O)[C@H](CC1CCCCC1)NC(=O)[C@@H](NC(=O)[C@H](CC(C)C)NC(=O)c1cnccn1)[C@@H](C)CC. The Morgan fingerprint density at radius 2 is 1.55 bits per heavy atom. The Morgan fingerprint density at radius 1 is 0.877 bits per heavy atom. The van der Waals surface area contributed by atoms with Crippen molar-refractivity contribution in [2.24, 2.45) is 23.5 Å². The van der Waals surface area contributed by atoms with E-state index in [1.165, 1.54) is 23.3 Å². The number of carbonyl (C=O) groups is 8. The lowest BCUT2D eigenvalue weighted by Gasteiger charge is -2.32. The Labute approximate surface area is 375 Å². The first-order chi connectivity index (χ1) is 30.5. The van der Waals surface area contributed by atoms with Crippen LogP contribution in [0, 0.1) is 17.8 Å². The van der Waals surface area contributed by atoms with E-state index in [1.807, 2.05) is 13.8 Å². The highest BCUT2D eigenvalue weighted by Crippen LogP contribution is 2.28. The van der Waals surface area contributed by atoms with Crippen molar-refractivity contribution in [1.29, 1.82) is 0 Å². The number of imide groups is 3. The summed E-state index contributed by atoms with van der Waals surface area (Å²) >= 11 is 0. The van der Waals surface area contributed by atoms with Gasteiger partial charge in [-0.05, 0) is 55.2 Å². The standard InChI is InChI=1S/C42H58F3N9O10S/c1-6-25(5)34(52-36(57)30(18-24(3)4)50-37(58)32-22-47-16-17-48-32)38(59)51-31(19-26-12-9-8-10-13-26)40(61)54(33(55)21-28(46)7-2)41(62)39(60)53-65(63,64)29-15-11-14-27(20-29)35(56)49-23-42(43,44)45/h11,14-17,20,22,24-26,28,30-31,34H,6-10,12-13,18-19,21,23,46H2,1-5H3,(H,49,56)(H,50,58)(H,51,59)(H,52,57)(H,53,60)/t25-,28-,30-,31-,34-/m0/s1. The van der Waals surface area contributed by atoms with Crippen LogP contribution in [0.4, 0.5) is 13.2 Å². The zero-order valence-corrected chi connectivity index (χ0v) is 37.7. The number of carbonyl (C=O) groups excluding carboxylic acids is 8. The van der Waals surface area contributed by atoms with E-state index in [4.69, 9.17) is 5.73 Å². The van der Waals surface area contributed by atoms with E-state index < -0.39 is 117 Å². The number of rotatable bonds is 20. The van der Waals surface area contributed by atoms with Crippen molar-refractivity contribution in [3.63, 3.8) is 0 Å². The van der Waals surface area contributed by atoms with Crippen LogP contribution in [0.2, 0.25) is 0 Å². The number of nitrogens with one attached hydrogen (secondary N) is 5. The average molecular weight is 938 g/mol. The molecular weight excluding hydrogens is 880 g/mol. The molecule has 65 heavy (non-hydrogen) atoms. The van der Waals surface area contributed by atoms with Crippen LogP contribution < -0.4 is 31.7 Å². The molecular formula is C42H58F3N9O10S. The van der Waals surface area contributed by atoms with Crippen LogP contribution in [0.3, 0.4) is 0 Å². The van der Waals surface area contributed by atoms with Gasteiger partial charge in [0.1, 0.15) is 30.4 Å². The predicted octanol–water partition coefficient (Wildman–Crippen LogP) is 2.41. The summed E-state index contributed by atoms with van der Waals surface area (Å²) in [5, 5.41) is 9.48. The number of nitrogens with two attached hydrogens (primary N) is 1. The van der Waals surface area contributed by atoms with Gasteiger partial charge in [-0.3, -0.25) is 43.3 Å². The zero-order chi connectivity index (χ0) is 48.6. The fourth-order valence-corrected chi connectivity index (χ4v) is 7.90. The lowest BCUT2D eigenvalue weighted by atomic mass is 9.84. The van der Waals surface area contributed by atoms with Gasteiger partial charge in [0.25, 0.3) is 27.7 Å². The molecule has 1 aliphatic carbocycles. The van der Waals surface area contributed by atoms with Crippen molar-refractivity contribution in [3.8, 4) is 0 Å². The summed E-state index contributed by atoms with van der Waals surface area (Å²) in [5.41, 5.74) is 5.40. The van der Waals surface area contributed by atoms with E-state index in [2.05, 4.69) is 25.9 Å². The van der Waals surface area contributed by atoms with Crippen LogP contribution in [-0.4, -0.2) is 107 Å². The summed E-state index contributed by atoms with van der Waals surface area (Å²) in [5.74, 6) is -11.2. The lowest BCUT2D eigenvalue weighted by Crippen LogP contribution is -2.61. The number of amides is 8. The molecule has 0 bridgehead atoms. The molecule has 1 heterocycles. The molecule has 1 saturated carbocycles. The molecule has 1 aromatic heterocycles. The minimum atomic E-state index is -5.09. The molecule has 358 valence electrons. The van der Waals surface area contributed by atoms with Gasteiger partial charge in [0.05, 0.1) is 11.1 Å². The van der Waals surface area contributed by atoms with Gasteiger partial charge in [-0.1, -0.05) is 79.2 Å². The molecule has 5 atom stereocenters. The largest absolute Gasteiger partial charge is 0.405 e. The number of hydrogen-bond donors (Lipinski definition) is 6. The number of alkyl halides is 3. The second-order valence-corrected chi connectivity index (χ2v) is 18.1. The first-order valence-corrected chi connectivity index (χ1v) is 22.8. The highest BCUT2D eigenvalue weighted by atomic mass is 32.2. The number of aromatic nitrogens is 2. The lowest BCUT2D eigenvalue weighted by molar-refractivity contribution is -0.160. The van der Waals surface area contributed by atoms with Gasteiger partial charge < -0.3 is 27.0 Å². The number of sulfonamides is 1. The molecule has 0 unspecified atom stereocenters. The Hall–Kier alpha value is -5.84. The number of benzene rings is 1. The van der Waals surface area contributed by atoms with Gasteiger partial charge in [0, 0.05) is 30.4 Å². The molecule has 1 aromatic carbocycles. The first-order valence-electron chi connectivity index (χ1n) is 21.3. The molecule has 23 heteroatoms. The quantitative estimate of drug-likeness (QED) is 0.104. The van der Waals surface area contributed by atoms with Crippen LogP contribution >= 0.6 is 0 Å². The maximum atomic E-state index is 14.6. The summed E-state index contributed by atoms with van der Waals surface area (Å²) in [7, 11) is -5.09. The summed E-state index contributed by atoms with van der Waals surface area (Å²) in [6, 6.07) is -1.62. The van der Waals surface area contributed by atoms with Crippen molar-refractivity contribution in [1.82, 2.24) is 40.9 Å². The molecule has 0 saturated heterocycles. The molecule has 8 amide bonds. The maximum absolute atomic E-state index is 14.6. The summed E-state index contributed by atoms with van der Waals surface area (Å²) in [6.07, 6.45) is 2.56. The van der Waals surface area contributed by atoms with E-state index in [-0.39, 0.29) is 41.7 Å². The van der Waals surface area contributed by atoms with Crippen LogP contribution in [0.5, 0.6) is 0 Å². The third-order valence-corrected chi connectivity index (χ3v) is 12.1. The van der Waals surface area contributed by atoms with Crippen LogP contribution in [0.1, 0.15) is 120 Å². The monoisotopic (exact) mass is 937 g/mol. The minimum Gasteiger partial charge on any atom is -0.343 e.